The number of nitrogens with zero attached hydrogens (tertiary/aromatic N) is 2. The second-order valence-corrected chi connectivity index (χ2v) is 5.06. The lowest BCUT2D eigenvalue weighted by atomic mass is 10.2. The molecular weight excluding hydrogens is 282 g/mol. The van der Waals surface area contributed by atoms with Gasteiger partial charge in [-0.05, 0) is 18.6 Å². The van der Waals surface area contributed by atoms with Crippen LogP contribution in [0.4, 0.5) is 8.78 Å². The van der Waals surface area contributed by atoms with E-state index >= 15 is 0 Å². The van der Waals surface area contributed by atoms with E-state index in [2.05, 4.69) is 9.97 Å². The Kier molecular flexibility index (Phi) is 5.29. The summed E-state index contributed by atoms with van der Waals surface area (Å²) >= 11 is 0.520. The molecule has 1 heterocycles. The molecule has 0 N–H and O–H groups in total. The highest BCUT2D eigenvalue weighted by Gasteiger charge is 2.06. The van der Waals surface area contributed by atoms with E-state index in [-0.39, 0.29) is 0 Å². The molecule has 6 heteroatoms. The van der Waals surface area contributed by atoms with Crippen molar-refractivity contribution in [2.45, 2.75) is 24.0 Å². The van der Waals surface area contributed by atoms with Crippen LogP contribution in [0.25, 0.3) is 11.4 Å². The van der Waals surface area contributed by atoms with E-state index in [9.17, 15) is 8.78 Å². The highest BCUT2D eigenvalue weighted by molar-refractivity contribution is 7.99. The fourth-order valence-corrected chi connectivity index (χ4v) is 2.04. The Balaban J connectivity index is 2.07. The van der Waals surface area contributed by atoms with Gasteiger partial charge in [0.25, 0.3) is 5.76 Å². The lowest BCUT2D eigenvalue weighted by Gasteiger charge is -2.05. The molecule has 0 spiro atoms. The fraction of sp³-hybridized carbons (Fsp3) is 0.286. The topological polar surface area (TPSA) is 35.0 Å². The number of hydrogen-bond acceptors (Lipinski definition) is 4. The van der Waals surface area contributed by atoms with Gasteiger partial charge >= 0.3 is 0 Å². The van der Waals surface area contributed by atoms with E-state index in [4.69, 9.17) is 4.74 Å². The van der Waals surface area contributed by atoms with E-state index < -0.39 is 5.76 Å². The molecule has 0 radical (unpaired) electrons. The van der Waals surface area contributed by atoms with Crippen LogP contribution >= 0.6 is 11.8 Å². The summed E-state index contributed by atoms with van der Waals surface area (Å²) in [5, 5.41) is 0. The average Bonchev–Trinajstić information content (AvgIpc) is 2.46. The Morgan fingerprint density at radius 3 is 2.35 bits per heavy atom. The highest BCUT2D eigenvalue weighted by atomic mass is 32.2. The SMILES string of the molecule is CCCOc1cnc(-c2ccc(SC(F)F)cc2)nc1. The van der Waals surface area contributed by atoms with Crippen LogP contribution in [0.2, 0.25) is 0 Å². The van der Waals surface area contributed by atoms with Crippen molar-refractivity contribution >= 4 is 11.8 Å². The van der Waals surface area contributed by atoms with Crippen LogP contribution in [0.5, 0.6) is 5.75 Å². The van der Waals surface area contributed by atoms with Crippen molar-refractivity contribution in [3.8, 4) is 17.1 Å². The van der Waals surface area contributed by atoms with E-state index in [1.165, 1.54) is 0 Å². The quantitative estimate of drug-likeness (QED) is 0.747. The zero-order chi connectivity index (χ0) is 14.4. The number of aromatic nitrogens is 2. The minimum Gasteiger partial charge on any atom is -0.490 e. The Hall–Kier alpha value is -1.69. The molecule has 0 aliphatic heterocycles. The number of thioether (sulfide) groups is 1. The molecule has 0 unspecified atom stereocenters. The summed E-state index contributed by atoms with van der Waals surface area (Å²) in [7, 11) is 0. The molecule has 2 rings (SSSR count). The molecule has 2 aromatic rings. The molecule has 1 aromatic carbocycles. The molecule has 0 bridgehead atoms. The molecule has 20 heavy (non-hydrogen) atoms. The number of alkyl halides is 2. The molecule has 106 valence electrons. The first-order valence-corrected chi connectivity index (χ1v) is 7.07. The molecule has 0 fully saturated rings. The van der Waals surface area contributed by atoms with Gasteiger partial charge in [-0.1, -0.05) is 30.8 Å². The number of rotatable bonds is 6. The van der Waals surface area contributed by atoms with Crippen LogP contribution in [0, 0.1) is 0 Å². The second-order valence-electron chi connectivity index (χ2n) is 3.99. The number of ether oxygens (including phenoxy) is 1. The molecule has 0 aliphatic rings. The first-order chi connectivity index (χ1) is 9.69. The summed E-state index contributed by atoms with van der Waals surface area (Å²) in [6, 6.07) is 6.73. The highest BCUT2D eigenvalue weighted by Crippen LogP contribution is 2.27. The average molecular weight is 296 g/mol. The van der Waals surface area contributed by atoms with Crippen LogP contribution in [0.15, 0.2) is 41.6 Å². The molecule has 1 aromatic heterocycles. The maximum absolute atomic E-state index is 12.2. The Morgan fingerprint density at radius 2 is 1.80 bits per heavy atom. The molecule has 0 saturated heterocycles. The zero-order valence-corrected chi connectivity index (χ0v) is 11.7. The molecule has 3 nitrogen and oxygen atoms in total. The van der Waals surface area contributed by atoms with Crippen LogP contribution in [-0.4, -0.2) is 22.3 Å². The number of halogens is 2. The maximum Gasteiger partial charge on any atom is 0.288 e. The predicted molar refractivity (Wildman–Crippen MR) is 75.1 cm³/mol. The summed E-state index contributed by atoms with van der Waals surface area (Å²) in [4.78, 5) is 8.92. The van der Waals surface area contributed by atoms with Crippen molar-refractivity contribution < 1.29 is 13.5 Å². The monoisotopic (exact) mass is 296 g/mol. The molecule has 0 atom stereocenters. The first kappa shape index (κ1) is 14.7. The summed E-state index contributed by atoms with van der Waals surface area (Å²) in [5.41, 5.74) is 0.783. The number of benzene rings is 1. The van der Waals surface area contributed by atoms with Crippen molar-refractivity contribution in [3.05, 3.63) is 36.7 Å². The van der Waals surface area contributed by atoms with Crippen molar-refractivity contribution in [3.63, 3.8) is 0 Å². The van der Waals surface area contributed by atoms with E-state index in [1.54, 1.807) is 36.7 Å². The molecule has 0 amide bonds. The molecule has 0 saturated carbocycles. The van der Waals surface area contributed by atoms with Crippen LogP contribution < -0.4 is 4.74 Å². The van der Waals surface area contributed by atoms with Gasteiger partial charge in [-0.25, -0.2) is 9.97 Å². The molecule has 0 aliphatic carbocycles. The predicted octanol–water partition coefficient (Wildman–Crippen LogP) is 4.25. The van der Waals surface area contributed by atoms with Crippen LogP contribution in [-0.2, 0) is 0 Å². The van der Waals surface area contributed by atoms with Gasteiger partial charge < -0.3 is 4.74 Å². The lowest BCUT2D eigenvalue weighted by molar-refractivity contribution is 0.252. The fourth-order valence-electron chi connectivity index (χ4n) is 1.55. The third kappa shape index (κ3) is 4.16. The largest absolute Gasteiger partial charge is 0.490 e. The smallest absolute Gasteiger partial charge is 0.288 e. The van der Waals surface area contributed by atoms with Gasteiger partial charge in [0, 0.05) is 10.5 Å². The van der Waals surface area contributed by atoms with Gasteiger partial charge in [0.15, 0.2) is 11.6 Å². The third-order valence-electron chi connectivity index (χ3n) is 2.44. The number of hydrogen-bond donors (Lipinski definition) is 0. The van der Waals surface area contributed by atoms with Crippen molar-refractivity contribution in [1.82, 2.24) is 9.97 Å². The van der Waals surface area contributed by atoms with Crippen molar-refractivity contribution in [2.75, 3.05) is 6.61 Å². The van der Waals surface area contributed by atoms with Crippen molar-refractivity contribution in [1.29, 1.82) is 0 Å². The zero-order valence-electron chi connectivity index (χ0n) is 10.9. The standard InChI is InChI=1S/C14H14F2N2OS/c1-2-7-19-11-8-17-13(18-9-11)10-3-5-12(6-4-10)20-14(15)16/h3-6,8-9,14H,2,7H2,1H3. The Bertz CT molecular complexity index is 532. The minimum absolute atomic E-state index is 0.520. The third-order valence-corrected chi connectivity index (χ3v) is 3.16. The van der Waals surface area contributed by atoms with E-state index in [0.717, 1.165) is 12.0 Å². The maximum atomic E-state index is 12.2. The lowest BCUT2D eigenvalue weighted by Crippen LogP contribution is -1.97. The van der Waals surface area contributed by atoms with Gasteiger partial charge in [0.2, 0.25) is 0 Å². The summed E-state index contributed by atoms with van der Waals surface area (Å²) < 4.78 is 29.8. The van der Waals surface area contributed by atoms with Crippen molar-refractivity contribution in [2.24, 2.45) is 0 Å². The summed E-state index contributed by atoms with van der Waals surface area (Å²) in [5.74, 6) is -1.24. The van der Waals surface area contributed by atoms with E-state index in [0.29, 0.717) is 34.8 Å². The first-order valence-electron chi connectivity index (χ1n) is 6.19. The Morgan fingerprint density at radius 1 is 1.15 bits per heavy atom. The summed E-state index contributed by atoms with van der Waals surface area (Å²) in [6.45, 7) is 2.65. The molecular formula is C14H14F2N2OS. The van der Waals surface area contributed by atoms with Gasteiger partial charge in [-0.15, -0.1) is 0 Å². The van der Waals surface area contributed by atoms with Gasteiger partial charge in [-0.3, -0.25) is 0 Å². The van der Waals surface area contributed by atoms with E-state index in [1.807, 2.05) is 6.92 Å². The normalized spacial score (nSPS) is 10.8. The second kappa shape index (κ2) is 7.19. The minimum atomic E-state index is -2.41. The Labute approximate surface area is 120 Å². The van der Waals surface area contributed by atoms with Crippen LogP contribution in [0.3, 0.4) is 0 Å². The van der Waals surface area contributed by atoms with Crippen LogP contribution in [0.1, 0.15) is 13.3 Å². The van der Waals surface area contributed by atoms with Gasteiger partial charge in [-0.2, -0.15) is 8.78 Å². The van der Waals surface area contributed by atoms with Gasteiger partial charge in [0.1, 0.15) is 0 Å². The van der Waals surface area contributed by atoms with Gasteiger partial charge in [0.05, 0.1) is 19.0 Å². The summed E-state index contributed by atoms with van der Waals surface area (Å²) in [6.07, 6.45) is 4.14.